The predicted molar refractivity (Wildman–Crippen MR) is 69.1 cm³/mol. The van der Waals surface area contributed by atoms with Gasteiger partial charge in [-0.05, 0) is 37.9 Å². The smallest absolute Gasteiger partial charge is 0.00998 e. The highest BCUT2D eigenvalue weighted by molar-refractivity contribution is 4.77. The molecule has 0 saturated carbocycles. The topological polar surface area (TPSA) is 29.3 Å². The maximum absolute atomic E-state index is 6.16. The number of nitrogens with zero attached hydrogens (tertiary/aromatic N) is 1. The molecule has 0 bridgehead atoms. The van der Waals surface area contributed by atoms with Crippen molar-refractivity contribution in [1.82, 2.24) is 4.90 Å². The molecule has 0 spiro atoms. The molecule has 0 aromatic heterocycles. The van der Waals surface area contributed by atoms with Crippen LogP contribution >= 0.6 is 0 Å². The van der Waals surface area contributed by atoms with Gasteiger partial charge < -0.3 is 10.6 Å². The molecule has 0 amide bonds. The zero-order valence-electron chi connectivity index (χ0n) is 11.3. The first-order valence-electron chi connectivity index (χ1n) is 6.39. The summed E-state index contributed by atoms with van der Waals surface area (Å²) >= 11 is 0. The fraction of sp³-hybridized carbons (Fsp3) is 1.00. The summed E-state index contributed by atoms with van der Waals surface area (Å²) in [5.41, 5.74) is 6.40. The van der Waals surface area contributed by atoms with E-state index in [2.05, 4.69) is 39.5 Å². The van der Waals surface area contributed by atoms with Crippen LogP contribution < -0.4 is 5.73 Å². The van der Waals surface area contributed by atoms with Gasteiger partial charge in [0.05, 0.1) is 0 Å². The molecule has 0 aromatic rings. The maximum atomic E-state index is 6.16. The molecule has 0 aliphatic carbocycles. The summed E-state index contributed by atoms with van der Waals surface area (Å²) in [6.45, 7) is 14.7. The minimum Gasteiger partial charge on any atom is -0.327 e. The third kappa shape index (κ3) is 6.91. The van der Waals surface area contributed by atoms with Crippen LogP contribution in [0.25, 0.3) is 0 Å². The minimum atomic E-state index is 0.240. The molecule has 0 saturated heterocycles. The van der Waals surface area contributed by atoms with Gasteiger partial charge in [0, 0.05) is 6.04 Å². The minimum absolute atomic E-state index is 0.240. The second kappa shape index (κ2) is 7.24. The molecular formula is C13H30N2. The number of unbranched alkanes of at least 4 members (excludes halogenated alkanes) is 1. The van der Waals surface area contributed by atoms with Gasteiger partial charge in [0.1, 0.15) is 0 Å². The third-order valence-corrected chi connectivity index (χ3v) is 3.14. The van der Waals surface area contributed by atoms with Crippen LogP contribution in [0.3, 0.4) is 0 Å². The molecular weight excluding hydrogens is 184 g/mol. The summed E-state index contributed by atoms with van der Waals surface area (Å²) in [5.74, 6) is 0. The summed E-state index contributed by atoms with van der Waals surface area (Å²) in [5, 5.41) is 0. The highest BCUT2D eigenvalue weighted by atomic mass is 15.1. The average molecular weight is 214 g/mol. The summed E-state index contributed by atoms with van der Waals surface area (Å²) < 4.78 is 0. The molecule has 2 N–H and O–H groups in total. The molecule has 92 valence electrons. The van der Waals surface area contributed by atoms with Crippen molar-refractivity contribution in [3.63, 3.8) is 0 Å². The number of hydrogen-bond donors (Lipinski definition) is 1. The van der Waals surface area contributed by atoms with E-state index in [4.69, 9.17) is 5.73 Å². The van der Waals surface area contributed by atoms with Crippen LogP contribution in [0.4, 0.5) is 0 Å². The Morgan fingerprint density at radius 1 is 1.13 bits per heavy atom. The van der Waals surface area contributed by atoms with E-state index in [1.54, 1.807) is 0 Å². The lowest BCUT2D eigenvalue weighted by Gasteiger charge is -2.29. The Balaban J connectivity index is 3.79. The first-order chi connectivity index (χ1) is 6.91. The molecule has 0 aromatic carbocycles. The van der Waals surface area contributed by atoms with Gasteiger partial charge in [0.2, 0.25) is 0 Å². The summed E-state index contributed by atoms with van der Waals surface area (Å²) in [7, 11) is 0. The lowest BCUT2D eigenvalue weighted by atomic mass is 9.85. The molecule has 1 unspecified atom stereocenters. The Hall–Kier alpha value is -0.0800. The van der Waals surface area contributed by atoms with Crippen molar-refractivity contribution in [2.24, 2.45) is 11.1 Å². The Morgan fingerprint density at radius 3 is 2.13 bits per heavy atom. The van der Waals surface area contributed by atoms with Gasteiger partial charge in [0.25, 0.3) is 0 Å². The van der Waals surface area contributed by atoms with Crippen molar-refractivity contribution < 1.29 is 0 Å². The largest absolute Gasteiger partial charge is 0.327 e. The van der Waals surface area contributed by atoms with Crippen molar-refractivity contribution >= 4 is 0 Å². The predicted octanol–water partition coefficient (Wildman–Crippen LogP) is 2.87. The van der Waals surface area contributed by atoms with Gasteiger partial charge in [-0.1, -0.05) is 41.0 Å². The second-order valence-corrected chi connectivity index (χ2v) is 5.55. The van der Waals surface area contributed by atoms with Crippen molar-refractivity contribution in [3.05, 3.63) is 0 Å². The maximum Gasteiger partial charge on any atom is 0.00998 e. The lowest BCUT2D eigenvalue weighted by Crippen LogP contribution is -2.39. The Morgan fingerprint density at radius 2 is 1.73 bits per heavy atom. The van der Waals surface area contributed by atoms with Crippen molar-refractivity contribution in [2.75, 3.05) is 19.6 Å². The van der Waals surface area contributed by atoms with Gasteiger partial charge in [-0.3, -0.25) is 0 Å². The van der Waals surface area contributed by atoms with Crippen LogP contribution in [0.2, 0.25) is 0 Å². The van der Waals surface area contributed by atoms with Crippen LogP contribution in [0.5, 0.6) is 0 Å². The third-order valence-electron chi connectivity index (χ3n) is 3.14. The fourth-order valence-electron chi connectivity index (χ4n) is 1.56. The van der Waals surface area contributed by atoms with Crippen LogP contribution in [-0.2, 0) is 0 Å². The monoisotopic (exact) mass is 214 g/mol. The number of hydrogen-bond acceptors (Lipinski definition) is 2. The van der Waals surface area contributed by atoms with Crippen molar-refractivity contribution in [1.29, 1.82) is 0 Å². The van der Waals surface area contributed by atoms with E-state index in [1.807, 2.05) is 0 Å². The first kappa shape index (κ1) is 14.9. The highest BCUT2D eigenvalue weighted by Gasteiger charge is 2.20. The molecule has 15 heavy (non-hydrogen) atoms. The normalized spacial score (nSPS) is 14.6. The molecule has 0 heterocycles. The van der Waals surface area contributed by atoms with Crippen LogP contribution in [-0.4, -0.2) is 30.6 Å². The van der Waals surface area contributed by atoms with E-state index < -0.39 is 0 Å². The summed E-state index contributed by atoms with van der Waals surface area (Å²) in [6.07, 6.45) is 3.70. The van der Waals surface area contributed by atoms with Gasteiger partial charge in [0.15, 0.2) is 0 Å². The second-order valence-electron chi connectivity index (χ2n) is 5.55. The molecule has 0 radical (unpaired) electrons. The molecule has 2 nitrogen and oxygen atoms in total. The lowest BCUT2D eigenvalue weighted by molar-refractivity contribution is 0.232. The van der Waals surface area contributed by atoms with Crippen LogP contribution in [0, 0.1) is 5.41 Å². The fourth-order valence-corrected chi connectivity index (χ4v) is 1.56. The molecule has 0 fully saturated rings. The Kier molecular flexibility index (Phi) is 7.20. The van der Waals surface area contributed by atoms with Crippen molar-refractivity contribution in [3.8, 4) is 0 Å². The number of rotatable bonds is 7. The van der Waals surface area contributed by atoms with E-state index in [-0.39, 0.29) is 5.41 Å². The van der Waals surface area contributed by atoms with E-state index in [9.17, 15) is 0 Å². The Bertz CT molecular complexity index is 149. The van der Waals surface area contributed by atoms with E-state index >= 15 is 0 Å². The SMILES string of the molecule is CCCCN(CC)CCC(N)C(C)(C)C. The number of nitrogens with two attached hydrogens (primary N) is 1. The molecule has 0 aliphatic heterocycles. The van der Waals surface area contributed by atoms with Gasteiger partial charge in [-0.25, -0.2) is 0 Å². The molecule has 0 aliphatic rings. The summed E-state index contributed by atoms with van der Waals surface area (Å²) in [4.78, 5) is 2.51. The zero-order valence-corrected chi connectivity index (χ0v) is 11.3. The van der Waals surface area contributed by atoms with Gasteiger partial charge in [-0.15, -0.1) is 0 Å². The van der Waals surface area contributed by atoms with E-state index in [1.165, 1.54) is 19.4 Å². The van der Waals surface area contributed by atoms with Gasteiger partial charge in [-0.2, -0.15) is 0 Å². The Labute approximate surface area is 96.2 Å². The average Bonchev–Trinajstić information content (AvgIpc) is 2.16. The molecule has 1 atom stereocenters. The van der Waals surface area contributed by atoms with E-state index in [0.29, 0.717) is 6.04 Å². The first-order valence-corrected chi connectivity index (χ1v) is 6.39. The quantitative estimate of drug-likeness (QED) is 0.706. The van der Waals surface area contributed by atoms with Gasteiger partial charge >= 0.3 is 0 Å². The molecule has 2 heteroatoms. The van der Waals surface area contributed by atoms with Crippen LogP contribution in [0.15, 0.2) is 0 Å². The standard InChI is InChI=1S/C13H30N2/c1-6-8-10-15(7-2)11-9-12(14)13(3,4)5/h12H,6-11,14H2,1-5H3. The van der Waals surface area contributed by atoms with Crippen molar-refractivity contribution in [2.45, 2.75) is 59.9 Å². The van der Waals surface area contributed by atoms with Crippen LogP contribution in [0.1, 0.15) is 53.9 Å². The summed E-state index contributed by atoms with van der Waals surface area (Å²) in [6, 6.07) is 0.313. The molecule has 0 rings (SSSR count). The highest BCUT2D eigenvalue weighted by Crippen LogP contribution is 2.19. The van der Waals surface area contributed by atoms with E-state index in [0.717, 1.165) is 19.5 Å². The zero-order chi connectivity index (χ0) is 11.9.